The molecule has 2 aromatic carbocycles. The number of aromatic nitrogens is 3. The van der Waals surface area contributed by atoms with E-state index in [9.17, 15) is 4.79 Å². The van der Waals surface area contributed by atoms with Crippen molar-refractivity contribution in [3.63, 3.8) is 0 Å². The number of rotatable bonds is 2. The lowest BCUT2D eigenvalue weighted by atomic mass is 9.81. The molecule has 0 saturated heterocycles. The van der Waals surface area contributed by atoms with E-state index in [-0.39, 0.29) is 5.56 Å². The summed E-state index contributed by atoms with van der Waals surface area (Å²) >= 11 is 5.98. The molecule has 0 bridgehead atoms. The molecule has 0 radical (unpaired) electrons. The average Bonchev–Trinajstić information content (AvgIpc) is 3.06. The Bertz CT molecular complexity index is 1180. The zero-order valence-electron chi connectivity index (χ0n) is 14.7. The minimum Gasteiger partial charge on any atom is -0.290 e. The van der Waals surface area contributed by atoms with Gasteiger partial charge < -0.3 is 0 Å². The summed E-state index contributed by atoms with van der Waals surface area (Å²) in [4.78, 5) is 17.5. The van der Waals surface area contributed by atoms with Crippen molar-refractivity contribution in [3.8, 4) is 5.69 Å². The molecule has 4 nitrogen and oxygen atoms in total. The lowest BCUT2D eigenvalue weighted by Crippen LogP contribution is -2.15. The van der Waals surface area contributed by atoms with Crippen LogP contribution in [0.25, 0.3) is 16.6 Å². The van der Waals surface area contributed by atoms with Crippen LogP contribution in [-0.2, 0) is 12.8 Å². The number of halogens is 1. The van der Waals surface area contributed by atoms with Crippen molar-refractivity contribution in [1.29, 1.82) is 0 Å². The Labute approximate surface area is 161 Å². The molecule has 0 spiro atoms. The standard InChI is InChI=1S/C22H18ClN3O/c23-16-7-9-17(10-8-16)26-22(27)19-13-24-20-11-6-15(12-18(20)21(19)25-26)14-4-2-1-3-5-14/h1-5,7-10,13,15,25H,6,11-12H2. The van der Waals surface area contributed by atoms with E-state index in [1.165, 1.54) is 5.56 Å². The summed E-state index contributed by atoms with van der Waals surface area (Å²) < 4.78 is 1.58. The Morgan fingerprint density at radius 3 is 2.63 bits per heavy atom. The molecule has 0 amide bonds. The van der Waals surface area contributed by atoms with Gasteiger partial charge >= 0.3 is 0 Å². The van der Waals surface area contributed by atoms with Crippen LogP contribution in [0.5, 0.6) is 0 Å². The first-order valence-electron chi connectivity index (χ1n) is 9.13. The number of nitrogens with one attached hydrogen (secondary N) is 1. The van der Waals surface area contributed by atoms with E-state index in [0.717, 1.165) is 41.7 Å². The average molecular weight is 376 g/mol. The molecule has 1 aliphatic carbocycles. The molecular formula is C22H18ClN3O. The molecule has 1 unspecified atom stereocenters. The van der Waals surface area contributed by atoms with Crippen LogP contribution in [0, 0.1) is 0 Å². The molecule has 0 saturated carbocycles. The third-order valence-corrected chi connectivity index (χ3v) is 5.71. The predicted molar refractivity (Wildman–Crippen MR) is 108 cm³/mol. The lowest BCUT2D eigenvalue weighted by molar-refractivity contribution is 0.577. The summed E-state index contributed by atoms with van der Waals surface area (Å²) in [7, 11) is 0. The largest absolute Gasteiger partial charge is 0.290 e. The lowest BCUT2D eigenvalue weighted by Gasteiger charge is -2.24. The van der Waals surface area contributed by atoms with E-state index in [1.807, 2.05) is 18.2 Å². The monoisotopic (exact) mass is 375 g/mol. The molecule has 134 valence electrons. The second-order valence-electron chi connectivity index (χ2n) is 7.05. The van der Waals surface area contributed by atoms with Gasteiger partial charge in [-0.25, -0.2) is 4.68 Å². The summed E-state index contributed by atoms with van der Waals surface area (Å²) in [5, 5.41) is 4.60. The van der Waals surface area contributed by atoms with Gasteiger partial charge in [-0.3, -0.25) is 14.9 Å². The SMILES string of the molecule is O=c1c2cnc3c(c2[nH]n1-c1ccc(Cl)cc1)CC(c1ccccc1)CC3. The van der Waals surface area contributed by atoms with Gasteiger partial charge in [-0.2, -0.15) is 0 Å². The Morgan fingerprint density at radius 1 is 1.07 bits per heavy atom. The highest BCUT2D eigenvalue weighted by Crippen LogP contribution is 2.34. The highest BCUT2D eigenvalue weighted by molar-refractivity contribution is 6.30. The highest BCUT2D eigenvalue weighted by Gasteiger charge is 2.25. The predicted octanol–water partition coefficient (Wildman–Crippen LogP) is 4.64. The van der Waals surface area contributed by atoms with Crippen molar-refractivity contribution in [2.24, 2.45) is 0 Å². The number of aromatic amines is 1. The van der Waals surface area contributed by atoms with Crippen LogP contribution in [-0.4, -0.2) is 14.8 Å². The van der Waals surface area contributed by atoms with Gasteiger partial charge in [-0.05, 0) is 55.0 Å². The smallest absolute Gasteiger partial charge is 0.280 e. The first-order valence-corrected chi connectivity index (χ1v) is 9.51. The molecule has 1 N–H and O–H groups in total. The molecule has 27 heavy (non-hydrogen) atoms. The second-order valence-corrected chi connectivity index (χ2v) is 7.49. The van der Waals surface area contributed by atoms with Gasteiger partial charge in [-0.1, -0.05) is 41.9 Å². The topological polar surface area (TPSA) is 50.7 Å². The number of benzene rings is 2. The maximum atomic E-state index is 12.9. The minimum absolute atomic E-state index is 0.0792. The summed E-state index contributed by atoms with van der Waals surface area (Å²) in [5.41, 5.74) is 5.20. The van der Waals surface area contributed by atoms with E-state index < -0.39 is 0 Å². The number of fused-ring (bicyclic) bond motifs is 3. The van der Waals surface area contributed by atoms with Crippen molar-refractivity contribution in [2.45, 2.75) is 25.2 Å². The number of nitrogens with zero attached hydrogens (tertiary/aromatic N) is 2. The van der Waals surface area contributed by atoms with E-state index in [1.54, 1.807) is 23.0 Å². The number of aryl methyl sites for hydroxylation is 1. The van der Waals surface area contributed by atoms with E-state index in [4.69, 9.17) is 11.6 Å². The van der Waals surface area contributed by atoms with Crippen molar-refractivity contribution < 1.29 is 0 Å². The molecule has 2 heterocycles. The molecule has 1 atom stereocenters. The molecule has 5 heteroatoms. The fourth-order valence-electron chi connectivity index (χ4n) is 4.04. The Kier molecular flexibility index (Phi) is 3.87. The molecule has 2 aromatic heterocycles. The van der Waals surface area contributed by atoms with Crippen LogP contribution in [0.15, 0.2) is 65.6 Å². The minimum atomic E-state index is -0.0792. The van der Waals surface area contributed by atoms with Crippen LogP contribution >= 0.6 is 11.6 Å². The Hall–Kier alpha value is -2.85. The summed E-state index contributed by atoms with van der Waals surface area (Å²) in [6, 6.07) is 17.8. The first kappa shape index (κ1) is 16.3. The molecule has 1 aliphatic rings. The van der Waals surface area contributed by atoms with E-state index in [2.05, 4.69) is 34.3 Å². The quantitative estimate of drug-likeness (QED) is 0.555. The van der Waals surface area contributed by atoms with Gasteiger partial charge in [0.05, 0.1) is 16.6 Å². The molecule has 5 rings (SSSR count). The van der Waals surface area contributed by atoms with Crippen LogP contribution < -0.4 is 5.56 Å². The molecule has 4 aromatic rings. The van der Waals surface area contributed by atoms with Gasteiger partial charge in [0, 0.05) is 22.5 Å². The normalized spacial score (nSPS) is 16.4. The maximum absolute atomic E-state index is 12.9. The van der Waals surface area contributed by atoms with Crippen molar-refractivity contribution in [2.75, 3.05) is 0 Å². The summed E-state index contributed by atoms with van der Waals surface area (Å²) in [6.07, 6.45) is 4.61. The van der Waals surface area contributed by atoms with Gasteiger partial charge in [-0.15, -0.1) is 0 Å². The van der Waals surface area contributed by atoms with Crippen molar-refractivity contribution in [3.05, 3.63) is 93.0 Å². The second kappa shape index (κ2) is 6.39. The van der Waals surface area contributed by atoms with Gasteiger partial charge in [0.25, 0.3) is 5.56 Å². The number of pyridine rings is 1. The zero-order chi connectivity index (χ0) is 18.4. The molecular weight excluding hydrogens is 358 g/mol. The third kappa shape index (κ3) is 2.77. The van der Waals surface area contributed by atoms with E-state index >= 15 is 0 Å². The zero-order valence-corrected chi connectivity index (χ0v) is 15.4. The van der Waals surface area contributed by atoms with Crippen LogP contribution in [0.2, 0.25) is 5.02 Å². The number of hydrogen-bond acceptors (Lipinski definition) is 2. The molecule has 0 fully saturated rings. The third-order valence-electron chi connectivity index (χ3n) is 5.46. The van der Waals surface area contributed by atoms with Crippen LogP contribution in [0.4, 0.5) is 0 Å². The van der Waals surface area contributed by atoms with E-state index in [0.29, 0.717) is 16.3 Å². The van der Waals surface area contributed by atoms with Crippen molar-refractivity contribution >= 4 is 22.5 Å². The van der Waals surface area contributed by atoms with Gasteiger partial charge in [0.1, 0.15) is 0 Å². The Morgan fingerprint density at radius 2 is 1.85 bits per heavy atom. The molecule has 0 aliphatic heterocycles. The first-order chi connectivity index (χ1) is 13.2. The maximum Gasteiger partial charge on any atom is 0.280 e. The highest BCUT2D eigenvalue weighted by atomic mass is 35.5. The van der Waals surface area contributed by atoms with Crippen LogP contribution in [0.1, 0.15) is 29.2 Å². The number of hydrogen-bond donors (Lipinski definition) is 1. The summed E-state index contributed by atoms with van der Waals surface area (Å²) in [5.74, 6) is 0.452. The van der Waals surface area contributed by atoms with Crippen LogP contribution in [0.3, 0.4) is 0 Å². The fraction of sp³-hybridized carbons (Fsp3) is 0.182. The van der Waals surface area contributed by atoms with Crippen molar-refractivity contribution in [1.82, 2.24) is 14.8 Å². The number of H-pyrrole nitrogens is 1. The van der Waals surface area contributed by atoms with Gasteiger partial charge in [0.15, 0.2) is 0 Å². The Balaban J connectivity index is 1.63. The van der Waals surface area contributed by atoms with Gasteiger partial charge in [0.2, 0.25) is 0 Å². The summed E-state index contributed by atoms with van der Waals surface area (Å²) in [6.45, 7) is 0. The fourth-order valence-corrected chi connectivity index (χ4v) is 4.17.